The van der Waals surface area contributed by atoms with Crippen LogP contribution in [0.2, 0.25) is 0 Å². The fourth-order valence-corrected chi connectivity index (χ4v) is 5.96. The van der Waals surface area contributed by atoms with Crippen molar-refractivity contribution >= 4 is 39.7 Å². The summed E-state index contributed by atoms with van der Waals surface area (Å²) in [6, 6.07) is 6.10. The summed E-state index contributed by atoms with van der Waals surface area (Å²) in [7, 11) is 0. The zero-order valence-electron chi connectivity index (χ0n) is 21.6. The van der Waals surface area contributed by atoms with Crippen molar-refractivity contribution in [1.29, 1.82) is 0 Å². The van der Waals surface area contributed by atoms with E-state index in [-0.39, 0.29) is 33.4 Å². The Bertz CT molecular complexity index is 1700. The number of ketones is 1. The number of aliphatic hydroxyl groups is 1. The van der Waals surface area contributed by atoms with E-state index < -0.39 is 35.1 Å². The quantitative estimate of drug-likeness (QED) is 0.291. The van der Waals surface area contributed by atoms with Gasteiger partial charge in [0, 0.05) is 41.2 Å². The SMILES string of the molecule is CC(=O)Nc1cc(-c2nc(C(F)(F)F)cs2)c(-c2ccc3c(c2)c(=O)c(C(C)=O)cn3[C@H]2CCCC[C@@H]2O)cn1. The molecule has 12 heteroatoms. The number of nitrogens with one attached hydrogen (secondary N) is 1. The van der Waals surface area contributed by atoms with E-state index in [2.05, 4.69) is 15.3 Å². The largest absolute Gasteiger partial charge is 0.434 e. The van der Waals surface area contributed by atoms with Crippen molar-refractivity contribution in [2.75, 3.05) is 5.32 Å². The highest BCUT2D eigenvalue weighted by atomic mass is 32.1. The van der Waals surface area contributed by atoms with Crippen LogP contribution < -0.4 is 10.7 Å². The van der Waals surface area contributed by atoms with Gasteiger partial charge in [0.1, 0.15) is 10.8 Å². The summed E-state index contributed by atoms with van der Waals surface area (Å²) in [5.74, 6) is -0.696. The molecule has 2 atom stereocenters. The van der Waals surface area contributed by atoms with Crippen LogP contribution in [0.15, 0.2) is 46.8 Å². The summed E-state index contributed by atoms with van der Waals surface area (Å²) < 4.78 is 41.8. The average molecular weight is 571 g/mol. The van der Waals surface area contributed by atoms with Crippen molar-refractivity contribution in [2.45, 2.75) is 57.9 Å². The van der Waals surface area contributed by atoms with Crippen LogP contribution in [0.1, 0.15) is 61.6 Å². The fraction of sp³-hybridized carbons (Fsp3) is 0.321. The van der Waals surface area contributed by atoms with Crippen LogP contribution in [0.25, 0.3) is 32.6 Å². The summed E-state index contributed by atoms with van der Waals surface area (Å²) >= 11 is 0.791. The number of halogens is 3. The number of nitrogens with zero attached hydrogens (tertiary/aromatic N) is 3. The molecular weight excluding hydrogens is 545 g/mol. The van der Waals surface area contributed by atoms with Crippen molar-refractivity contribution in [3.8, 4) is 21.7 Å². The number of hydrogen-bond donors (Lipinski definition) is 2. The first-order chi connectivity index (χ1) is 18.9. The van der Waals surface area contributed by atoms with E-state index in [1.54, 1.807) is 22.8 Å². The topological polar surface area (TPSA) is 114 Å². The van der Waals surface area contributed by atoms with Gasteiger partial charge >= 0.3 is 6.18 Å². The van der Waals surface area contributed by atoms with Crippen LogP contribution >= 0.6 is 11.3 Å². The number of carbonyl (C=O) groups excluding carboxylic acids is 2. The number of aromatic nitrogens is 3. The normalized spacial score (nSPS) is 17.6. The number of Topliss-reactive ketones (excluding diaryl/α,β-unsaturated/α-hetero) is 1. The molecule has 0 radical (unpaired) electrons. The highest BCUT2D eigenvalue weighted by molar-refractivity contribution is 7.13. The zero-order chi connectivity index (χ0) is 28.8. The maximum atomic E-state index is 13.4. The number of fused-ring (bicyclic) bond motifs is 1. The summed E-state index contributed by atoms with van der Waals surface area (Å²) in [4.78, 5) is 45.5. The van der Waals surface area contributed by atoms with Crippen LogP contribution in [0, 0.1) is 0 Å². The second-order valence-electron chi connectivity index (χ2n) is 9.82. The van der Waals surface area contributed by atoms with E-state index in [0.717, 1.165) is 29.6 Å². The first kappa shape index (κ1) is 27.7. The number of hydrogen-bond acceptors (Lipinski definition) is 7. The number of rotatable bonds is 5. The molecule has 0 aliphatic heterocycles. The van der Waals surface area contributed by atoms with Gasteiger partial charge in [-0.25, -0.2) is 9.97 Å². The molecule has 1 saturated carbocycles. The van der Waals surface area contributed by atoms with Crippen LogP contribution in [-0.4, -0.2) is 37.4 Å². The molecule has 1 aromatic carbocycles. The van der Waals surface area contributed by atoms with Crippen LogP contribution in [0.4, 0.5) is 19.0 Å². The van der Waals surface area contributed by atoms with E-state index in [4.69, 9.17) is 0 Å². The number of anilines is 1. The molecule has 8 nitrogen and oxygen atoms in total. The predicted molar refractivity (Wildman–Crippen MR) is 145 cm³/mol. The number of amides is 1. The molecule has 1 aliphatic carbocycles. The minimum atomic E-state index is -4.64. The number of aliphatic hydroxyl groups excluding tert-OH is 1. The van der Waals surface area contributed by atoms with Crippen molar-refractivity contribution in [3.63, 3.8) is 0 Å². The molecule has 40 heavy (non-hydrogen) atoms. The van der Waals surface area contributed by atoms with Gasteiger partial charge in [0.25, 0.3) is 0 Å². The van der Waals surface area contributed by atoms with Crippen molar-refractivity contribution in [3.05, 3.63) is 63.5 Å². The standard InChI is InChI=1S/C28H25F3N4O4S/c1-14(36)20-12-35(22-5-3-4-6-23(22)38)21-8-7-16(9-18(21)26(20)39)19-11-32-25(33-15(2)37)10-17(19)27-34-24(13-40-27)28(29,30)31/h7-13,22-23,38H,3-6H2,1-2H3,(H,32,33,37)/t22-,23-/m0/s1. The Balaban J connectivity index is 1.72. The van der Waals surface area contributed by atoms with Gasteiger partial charge in [-0.2, -0.15) is 13.2 Å². The molecule has 0 saturated heterocycles. The molecule has 3 aromatic heterocycles. The van der Waals surface area contributed by atoms with E-state index in [0.29, 0.717) is 29.5 Å². The monoisotopic (exact) mass is 570 g/mol. The van der Waals surface area contributed by atoms with Crippen LogP contribution in [0.5, 0.6) is 0 Å². The molecule has 4 aromatic rings. The second kappa shape index (κ2) is 10.6. The Hall–Kier alpha value is -3.90. The number of thiazole rings is 1. The Morgan fingerprint density at radius 1 is 1.12 bits per heavy atom. The maximum Gasteiger partial charge on any atom is 0.434 e. The lowest BCUT2D eigenvalue weighted by Gasteiger charge is -2.31. The number of pyridine rings is 2. The third kappa shape index (κ3) is 5.28. The first-order valence-corrected chi connectivity index (χ1v) is 13.5. The van der Waals surface area contributed by atoms with Gasteiger partial charge in [-0.15, -0.1) is 11.3 Å². The van der Waals surface area contributed by atoms with E-state index in [1.807, 2.05) is 0 Å². The smallest absolute Gasteiger partial charge is 0.391 e. The lowest BCUT2D eigenvalue weighted by Crippen LogP contribution is -2.30. The highest BCUT2D eigenvalue weighted by Gasteiger charge is 2.34. The van der Waals surface area contributed by atoms with Gasteiger partial charge in [0.05, 0.1) is 23.2 Å². The summed E-state index contributed by atoms with van der Waals surface area (Å²) in [5, 5.41) is 14.4. The number of benzene rings is 1. The number of carbonyl (C=O) groups is 2. The van der Waals surface area contributed by atoms with E-state index in [1.165, 1.54) is 32.3 Å². The van der Waals surface area contributed by atoms with E-state index in [9.17, 15) is 32.7 Å². The molecule has 2 N–H and O–H groups in total. The number of alkyl halides is 3. The Morgan fingerprint density at radius 3 is 2.52 bits per heavy atom. The maximum absolute atomic E-state index is 13.4. The molecule has 0 bridgehead atoms. The lowest BCUT2D eigenvalue weighted by atomic mass is 9.91. The van der Waals surface area contributed by atoms with Gasteiger partial charge in [-0.3, -0.25) is 14.4 Å². The Labute approximate surface area is 230 Å². The summed E-state index contributed by atoms with van der Waals surface area (Å²) in [6.07, 6.45) is 0.706. The van der Waals surface area contributed by atoms with Gasteiger partial charge in [-0.05, 0) is 43.5 Å². The Morgan fingerprint density at radius 2 is 1.88 bits per heavy atom. The average Bonchev–Trinajstić information content (AvgIpc) is 3.40. The fourth-order valence-electron chi connectivity index (χ4n) is 5.10. The van der Waals surface area contributed by atoms with Gasteiger partial charge in [0.2, 0.25) is 5.91 Å². The van der Waals surface area contributed by atoms with Gasteiger partial charge in [0.15, 0.2) is 16.9 Å². The second-order valence-corrected chi connectivity index (χ2v) is 10.7. The van der Waals surface area contributed by atoms with Crippen molar-refractivity contribution in [2.24, 2.45) is 0 Å². The van der Waals surface area contributed by atoms with Crippen LogP contribution in [-0.2, 0) is 11.0 Å². The van der Waals surface area contributed by atoms with Gasteiger partial charge in [-0.1, -0.05) is 18.9 Å². The third-order valence-corrected chi connectivity index (χ3v) is 7.88. The molecule has 1 fully saturated rings. The third-order valence-electron chi connectivity index (χ3n) is 7.01. The first-order valence-electron chi connectivity index (χ1n) is 12.6. The van der Waals surface area contributed by atoms with Crippen molar-refractivity contribution < 1.29 is 27.9 Å². The molecule has 3 heterocycles. The molecule has 1 amide bonds. The molecular formula is C28H25F3N4O4S. The highest BCUT2D eigenvalue weighted by Crippen LogP contribution is 2.39. The van der Waals surface area contributed by atoms with E-state index >= 15 is 0 Å². The molecule has 1 aliphatic rings. The van der Waals surface area contributed by atoms with Gasteiger partial charge < -0.3 is 15.0 Å². The zero-order valence-corrected chi connectivity index (χ0v) is 22.4. The minimum absolute atomic E-state index is 0.0171. The summed E-state index contributed by atoms with van der Waals surface area (Å²) in [6.45, 7) is 2.59. The van der Waals surface area contributed by atoms with Crippen LogP contribution in [0.3, 0.4) is 0 Å². The molecule has 0 unspecified atom stereocenters. The molecule has 208 valence electrons. The van der Waals surface area contributed by atoms with Crippen molar-refractivity contribution in [1.82, 2.24) is 14.5 Å². The lowest BCUT2D eigenvalue weighted by molar-refractivity contribution is -0.140. The Kier molecular flexibility index (Phi) is 7.32. The minimum Gasteiger partial charge on any atom is -0.391 e. The summed E-state index contributed by atoms with van der Waals surface area (Å²) in [5.41, 5.74) is 0.111. The predicted octanol–water partition coefficient (Wildman–Crippen LogP) is 5.84. The molecule has 5 rings (SSSR count). The molecule has 0 spiro atoms.